The van der Waals surface area contributed by atoms with Crippen LogP contribution in [0, 0.1) is 35.5 Å². The summed E-state index contributed by atoms with van der Waals surface area (Å²) in [6.07, 6.45) is 5.48. The standard InChI is InChI=1S/C13H12O2/c1-2-3-4-5-6-7-8-9-10-11-13(15)12-14/h2-3,10-11,13-15H,12H2,1H3/t13-/m0/s1. The smallest absolute Gasteiger partial charge is 0.0960 e. The van der Waals surface area contributed by atoms with Crippen LogP contribution in [0.5, 0.6) is 0 Å². The van der Waals surface area contributed by atoms with Gasteiger partial charge in [0.25, 0.3) is 0 Å². The molecule has 0 fully saturated rings. The first-order valence-electron chi connectivity index (χ1n) is 4.39. The first-order chi connectivity index (χ1) is 7.31. The van der Waals surface area contributed by atoms with Gasteiger partial charge >= 0.3 is 0 Å². The summed E-state index contributed by atoms with van der Waals surface area (Å²) in [5.41, 5.74) is 0. The Bertz CT molecular complexity index is 397. The molecule has 0 aromatic carbocycles. The molecule has 2 N–H and O–H groups in total. The van der Waals surface area contributed by atoms with Crippen LogP contribution in [-0.4, -0.2) is 22.9 Å². The molecule has 0 bridgehead atoms. The van der Waals surface area contributed by atoms with Gasteiger partial charge < -0.3 is 10.2 Å². The maximum absolute atomic E-state index is 8.89. The Morgan fingerprint density at radius 3 is 2.20 bits per heavy atom. The zero-order valence-corrected chi connectivity index (χ0v) is 8.49. The molecule has 0 aromatic heterocycles. The zero-order valence-electron chi connectivity index (χ0n) is 8.49. The average Bonchev–Trinajstić information content (AvgIpc) is 2.26. The van der Waals surface area contributed by atoms with E-state index in [9.17, 15) is 0 Å². The lowest BCUT2D eigenvalue weighted by atomic mass is 10.3. The van der Waals surface area contributed by atoms with Crippen molar-refractivity contribution in [2.45, 2.75) is 13.0 Å². The Labute approximate surface area is 90.3 Å². The minimum atomic E-state index is -0.859. The number of hydrogen-bond acceptors (Lipinski definition) is 2. The van der Waals surface area contributed by atoms with Gasteiger partial charge in [0, 0.05) is 0 Å². The summed E-state index contributed by atoms with van der Waals surface area (Å²) in [5, 5.41) is 17.3. The Morgan fingerprint density at radius 2 is 1.67 bits per heavy atom. The molecule has 0 spiro atoms. The molecule has 0 unspecified atom stereocenters. The molecule has 0 aliphatic carbocycles. The van der Waals surface area contributed by atoms with E-state index in [1.54, 1.807) is 6.08 Å². The number of aliphatic hydroxyl groups excluding tert-OH is 2. The van der Waals surface area contributed by atoms with E-state index >= 15 is 0 Å². The third-order valence-corrected chi connectivity index (χ3v) is 1.17. The van der Waals surface area contributed by atoms with Gasteiger partial charge in [0.2, 0.25) is 0 Å². The first kappa shape index (κ1) is 13.1. The van der Waals surface area contributed by atoms with Crippen molar-refractivity contribution in [2.75, 3.05) is 6.61 Å². The third kappa shape index (κ3) is 10.00. The molecule has 1 atom stereocenters. The molecule has 15 heavy (non-hydrogen) atoms. The van der Waals surface area contributed by atoms with E-state index in [-0.39, 0.29) is 6.61 Å². The second-order valence-electron chi connectivity index (χ2n) is 2.40. The van der Waals surface area contributed by atoms with Crippen molar-refractivity contribution in [3.05, 3.63) is 24.3 Å². The molecule has 0 saturated carbocycles. The van der Waals surface area contributed by atoms with E-state index in [0.717, 1.165) is 0 Å². The van der Waals surface area contributed by atoms with Gasteiger partial charge in [-0.1, -0.05) is 17.9 Å². The minimum Gasteiger partial charge on any atom is -0.393 e. The third-order valence-electron chi connectivity index (χ3n) is 1.17. The Morgan fingerprint density at radius 1 is 1.07 bits per heavy atom. The van der Waals surface area contributed by atoms with Gasteiger partial charge in [-0.3, -0.25) is 0 Å². The zero-order chi connectivity index (χ0) is 11.4. The van der Waals surface area contributed by atoms with Crippen molar-refractivity contribution in [2.24, 2.45) is 0 Å². The van der Waals surface area contributed by atoms with E-state index in [1.807, 2.05) is 13.0 Å². The second kappa shape index (κ2) is 10.2. The molecule has 0 heterocycles. The fourth-order valence-electron chi connectivity index (χ4n) is 0.521. The highest BCUT2D eigenvalue weighted by Crippen LogP contribution is 1.81. The minimum absolute atomic E-state index is 0.307. The second-order valence-corrected chi connectivity index (χ2v) is 2.40. The van der Waals surface area contributed by atoms with Gasteiger partial charge in [-0.25, -0.2) is 0 Å². The lowest BCUT2D eigenvalue weighted by Crippen LogP contribution is -2.06. The van der Waals surface area contributed by atoms with Crippen molar-refractivity contribution in [1.82, 2.24) is 0 Å². The van der Waals surface area contributed by atoms with Crippen LogP contribution in [-0.2, 0) is 0 Å². The summed E-state index contributed by atoms with van der Waals surface area (Å²) in [5.74, 6) is 15.4. The van der Waals surface area contributed by atoms with E-state index < -0.39 is 6.10 Å². The van der Waals surface area contributed by atoms with E-state index in [1.165, 1.54) is 12.2 Å². The van der Waals surface area contributed by atoms with Crippen LogP contribution < -0.4 is 0 Å². The van der Waals surface area contributed by atoms with Gasteiger partial charge in [0.1, 0.15) is 0 Å². The number of aliphatic hydroxyl groups is 2. The molecule has 2 nitrogen and oxygen atoms in total. The molecule has 0 aliphatic rings. The predicted molar refractivity (Wildman–Crippen MR) is 60.4 cm³/mol. The molecule has 0 aromatic rings. The molecule has 0 radical (unpaired) electrons. The molecule has 0 saturated heterocycles. The molecule has 0 amide bonds. The van der Waals surface area contributed by atoms with Gasteiger partial charge in [-0.2, -0.15) is 0 Å². The van der Waals surface area contributed by atoms with Crippen LogP contribution in [0.15, 0.2) is 24.3 Å². The average molecular weight is 200 g/mol. The van der Waals surface area contributed by atoms with Crippen LogP contribution in [0.2, 0.25) is 0 Å². The van der Waals surface area contributed by atoms with Gasteiger partial charge in [-0.15, -0.1) is 0 Å². The van der Waals surface area contributed by atoms with Crippen LogP contribution in [0.3, 0.4) is 0 Å². The summed E-state index contributed by atoms with van der Waals surface area (Å²) < 4.78 is 0. The molecule has 2 heteroatoms. The number of rotatable bonds is 2. The van der Waals surface area contributed by atoms with Crippen LogP contribution in [0.1, 0.15) is 6.92 Å². The largest absolute Gasteiger partial charge is 0.393 e. The maximum Gasteiger partial charge on any atom is 0.0960 e. The van der Waals surface area contributed by atoms with Crippen molar-refractivity contribution in [3.8, 4) is 35.5 Å². The van der Waals surface area contributed by atoms with Crippen molar-refractivity contribution in [3.63, 3.8) is 0 Å². The molecule has 76 valence electrons. The lowest BCUT2D eigenvalue weighted by Gasteiger charge is -1.94. The van der Waals surface area contributed by atoms with E-state index in [4.69, 9.17) is 10.2 Å². The summed E-state index contributed by atoms with van der Waals surface area (Å²) in [6, 6.07) is 0. The summed E-state index contributed by atoms with van der Waals surface area (Å²) in [7, 11) is 0. The van der Waals surface area contributed by atoms with Crippen LogP contribution in [0.4, 0.5) is 0 Å². The fraction of sp³-hybridized carbons (Fsp3) is 0.231. The Balaban J connectivity index is 4.01. The van der Waals surface area contributed by atoms with Crippen molar-refractivity contribution >= 4 is 0 Å². The topological polar surface area (TPSA) is 40.5 Å². The summed E-state index contributed by atoms with van der Waals surface area (Å²) in [6.45, 7) is 1.57. The quantitative estimate of drug-likeness (QED) is 0.637. The van der Waals surface area contributed by atoms with Crippen LogP contribution >= 0.6 is 0 Å². The number of allylic oxidation sites excluding steroid dienone is 3. The normalized spacial score (nSPS) is 10.9. The van der Waals surface area contributed by atoms with Gasteiger partial charge in [0.15, 0.2) is 0 Å². The fourth-order valence-corrected chi connectivity index (χ4v) is 0.521. The van der Waals surface area contributed by atoms with Crippen LogP contribution in [0.25, 0.3) is 0 Å². The van der Waals surface area contributed by atoms with Gasteiger partial charge in [0.05, 0.1) is 12.7 Å². The van der Waals surface area contributed by atoms with E-state index in [2.05, 4.69) is 35.5 Å². The van der Waals surface area contributed by atoms with E-state index in [0.29, 0.717) is 0 Å². The highest BCUT2D eigenvalue weighted by Gasteiger charge is 1.90. The number of hydrogen-bond donors (Lipinski definition) is 2. The highest BCUT2D eigenvalue weighted by atomic mass is 16.3. The lowest BCUT2D eigenvalue weighted by molar-refractivity contribution is 0.131. The first-order valence-corrected chi connectivity index (χ1v) is 4.39. The predicted octanol–water partition coefficient (Wildman–Crippen LogP) is 0.482. The van der Waals surface area contributed by atoms with Crippen molar-refractivity contribution < 1.29 is 10.2 Å². The Kier molecular flexibility index (Phi) is 8.86. The molecular weight excluding hydrogens is 188 g/mol. The monoisotopic (exact) mass is 200 g/mol. The molecular formula is C13H12O2. The summed E-state index contributed by atoms with van der Waals surface area (Å²) in [4.78, 5) is 0. The maximum atomic E-state index is 8.89. The highest BCUT2D eigenvalue weighted by molar-refractivity contribution is 5.39. The summed E-state index contributed by atoms with van der Waals surface area (Å²) >= 11 is 0. The SMILES string of the molecule is CC=CC#CC#CC#CC=C[C@H](O)CO. The van der Waals surface area contributed by atoms with Gasteiger partial charge in [-0.05, 0) is 48.8 Å². The van der Waals surface area contributed by atoms with Crippen molar-refractivity contribution in [1.29, 1.82) is 0 Å². The Hall–Kier alpha value is -1.92. The molecule has 0 aliphatic heterocycles. The molecule has 0 rings (SSSR count).